The minimum absolute atomic E-state index is 0.109. The van der Waals surface area contributed by atoms with E-state index in [0.717, 1.165) is 21.3 Å². The van der Waals surface area contributed by atoms with Gasteiger partial charge in [0.2, 0.25) is 23.6 Å². The molecule has 0 bridgehead atoms. The number of hydrogen-bond acceptors (Lipinski definition) is 14. The molecule has 10 N–H and O–H groups in total. The Kier molecular flexibility index (Phi) is 21.0. The smallest absolute Gasteiger partial charge is 0.407 e. The third-order valence-corrected chi connectivity index (χ3v) is 11.6. The van der Waals surface area contributed by atoms with Crippen molar-refractivity contribution >= 4 is 81.0 Å². The number of nitrogens with zero attached hydrogens (tertiary/aromatic N) is 4. The number of nitrogens with one attached hydrogen (secondary N) is 6. The van der Waals surface area contributed by atoms with E-state index in [2.05, 4.69) is 36.9 Å². The van der Waals surface area contributed by atoms with Crippen LogP contribution < -0.4 is 43.4 Å². The van der Waals surface area contributed by atoms with E-state index in [4.69, 9.17) is 30.7 Å². The average molecular weight is 1010 g/mol. The van der Waals surface area contributed by atoms with E-state index in [-0.39, 0.29) is 88.9 Å². The highest BCUT2D eigenvalue weighted by atomic mass is 16.5. The number of alkyl carbamates (subject to hydrolysis) is 1. The molecule has 0 aliphatic carbocycles. The molecule has 0 saturated carbocycles. The summed E-state index contributed by atoms with van der Waals surface area (Å²) in [4.78, 5) is 110. The first-order valence-electron chi connectivity index (χ1n) is 24.3. The number of primary amides is 1. The van der Waals surface area contributed by atoms with Gasteiger partial charge in [0.1, 0.15) is 36.6 Å². The number of para-hydroxylation sites is 1. The molecule has 0 unspecified atom stereocenters. The highest BCUT2D eigenvalue weighted by Crippen LogP contribution is 2.31. The number of aromatic nitrogens is 3. The van der Waals surface area contributed by atoms with Crippen LogP contribution in [0.5, 0.6) is 0 Å². The third kappa shape index (κ3) is 17.3. The molecule has 4 aromatic rings. The number of hydrogen-bond donors (Lipinski definition) is 8. The number of fused-ring (bicyclic) bond motifs is 3. The van der Waals surface area contributed by atoms with Gasteiger partial charge in [-0.3, -0.25) is 33.7 Å². The van der Waals surface area contributed by atoms with Gasteiger partial charge in [-0.1, -0.05) is 50.6 Å². The van der Waals surface area contributed by atoms with Crippen molar-refractivity contribution in [3.8, 4) is 0 Å². The Hall–Kier alpha value is -7.66. The maximum Gasteiger partial charge on any atom is 0.407 e. The first-order chi connectivity index (χ1) is 34.8. The predicted octanol–water partition coefficient (Wildman–Crippen LogP) is 3.04. The molecule has 2 aromatic heterocycles. The molecule has 23 heteroatoms. The molecule has 0 spiro atoms. The molecule has 394 valence electrons. The monoisotopic (exact) mass is 1010 g/mol. The van der Waals surface area contributed by atoms with Gasteiger partial charge in [0.05, 0.1) is 36.3 Å². The van der Waals surface area contributed by atoms with E-state index in [1.165, 1.54) is 12.2 Å². The van der Waals surface area contributed by atoms with Gasteiger partial charge in [0.25, 0.3) is 11.8 Å². The Balaban J connectivity index is 1.03. The molecule has 5 rings (SSSR count). The van der Waals surface area contributed by atoms with Gasteiger partial charge in [-0.05, 0) is 76.1 Å². The van der Waals surface area contributed by atoms with Gasteiger partial charge in [0, 0.05) is 55.9 Å². The lowest BCUT2D eigenvalue weighted by atomic mass is 10.0. The molecule has 1 aliphatic rings. The number of carbonyl (C=O) groups excluding carboxylic acids is 8. The summed E-state index contributed by atoms with van der Waals surface area (Å²) >= 11 is 0. The van der Waals surface area contributed by atoms with Crippen molar-refractivity contribution in [2.24, 2.45) is 11.7 Å². The Labute approximate surface area is 423 Å². The number of rotatable bonds is 29. The van der Waals surface area contributed by atoms with E-state index < -0.39 is 47.5 Å². The van der Waals surface area contributed by atoms with E-state index in [9.17, 15) is 38.4 Å². The number of nitrogens with two attached hydrogens (primary N) is 2. The van der Waals surface area contributed by atoms with Crippen LogP contribution in [-0.2, 0) is 62.7 Å². The summed E-state index contributed by atoms with van der Waals surface area (Å²) in [6.07, 6.45) is 3.69. The third-order valence-electron chi connectivity index (χ3n) is 11.6. The molecule has 1 aliphatic heterocycles. The second kappa shape index (κ2) is 27.2. The van der Waals surface area contributed by atoms with Crippen molar-refractivity contribution in [3.63, 3.8) is 0 Å². The topological polar surface area (TPSA) is 322 Å². The second-order valence-electron chi connectivity index (χ2n) is 18.3. The molecule has 0 radical (unpaired) electrons. The summed E-state index contributed by atoms with van der Waals surface area (Å²) in [6.45, 7) is 10.7. The summed E-state index contributed by atoms with van der Waals surface area (Å²) in [5.74, 6) is -2.03. The van der Waals surface area contributed by atoms with Gasteiger partial charge in [0.15, 0.2) is 5.82 Å². The van der Waals surface area contributed by atoms with Crippen LogP contribution in [0.4, 0.5) is 21.1 Å². The quantitative estimate of drug-likeness (QED) is 0.0287. The summed E-state index contributed by atoms with van der Waals surface area (Å²) in [6, 6.07) is 11.3. The molecule has 0 fully saturated rings. The van der Waals surface area contributed by atoms with E-state index in [0.29, 0.717) is 60.8 Å². The van der Waals surface area contributed by atoms with Gasteiger partial charge < -0.3 is 62.1 Å². The van der Waals surface area contributed by atoms with Crippen molar-refractivity contribution in [3.05, 3.63) is 72.1 Å². The molecule has 73 heavy (non-hydrogen) atoms. The lowest BCUT2D eigenvalue weighted by Gasteiger charge is -2.27. The van der Waals surface area contributed by atoms with E-state index in [1.807, 2.05) is 49.6 Å². The first-order valence-corrected chi connectivity index (χ1v) is 24.3. The van der Waals surface area contributed by atoms with Crippen LogP contribution in [0.25, 0.3) is 21.9 Å². The maximum atomic E-state index is 13.6. The van der Waals surface area contributed by atoms with Crippen LogP contribution >= 0.6 is 0 Å². The Morgan fingerprint density at radius 1 is 0.808 bits per heavy atom. The minimum Gasteiger partial charge on any atom is -0.445 e. The lowest BCUT2D eigenvalue weighted by Crippen LogP contribution is -2.54. The molecule has 23 nitrogen and oxygen atoms in total. The van der Waals surface area contributed by atoms with Crippen molar-refractivity contribution < 1.29 is 52.6 Å². The van der Waals surface area contributed by atoms with Crippen molar-refractivity contribution in [2.75, 3.05) is 50.4 Å². The number of imide groups is 1. The van der Waals surface area contributed by atoms with Crippen LogP contribution in [0.1, 0.15) is 84.5 Å². The molecule has 9 amide bonds. The summed E-state index contributed by atoms with van der Waals surface area (Å²) in [5.41, 5.74) is 13.9. The number of pyridine rings is 1. The number of amides is 9. The van der Waals surface area contributed by atoms with Gasteiger partial charge in [-0.25, -0.2) is 19.6 Å². The average Bonchev–Trinajstić information content (AvgIpc) is 3.87. The van der Waals surface area contributed by atoms with Crippen LogP contribution in [0.3, 0.4) is 0 Å². The van der Waals surface area contributed by atoms with Gasteiger partial charge in [-0.2, -0.15) is 0 Å². The van der Waals surface area contributed by atoms with Crippen LogP contribution in [-0.4, -0.2) is 124 Å². The number of benzene rings is 2. The lowest BCUT2D eigenvalue weighted by molar-refractivity contribution is -0.137. The molecular weight excluding hydrogens is 945 g/mol. The number of anilines is 2. The first kappa shape index (κ1) is 56.3. The second-order valence-corrected chi connectivity index (χ2v) is 18.3. The normalized spacial score (nSPS) is 13.3. The Morgan fingerprint density at radius 2 is 1.53 bits per heavy atom. The zero-order chi connectivity index (χ0) is 53.1. The highest BCUT2D eigenvalue weighted by Gasteiger charge is 2.30. The number of unbranched alkanes of at least 4 members (excludes halogenated alkanes) is 2. The Morgan fingerprint density at radius 3 is 2.23 bits per heavy atom. The van der Waals surface area contributed by atoms with Crippen molar-refractivity contribution in [1.82, 2.24) is 46.0 Å². The number of ether oxygens (including phenoxy) is 3. The van der Waals surface area contributed by atoms with Crippen LogP contribution in [0.15, 0.2) is 60.7 Å². The number of nitrogen functional groups attached to an aromatic ring is 1. The maximum absolute atomic E-state index is 13.6. The molecule has 0 saturated heterocycles. The van der Waals surface area contributed by atoms with Crippen molar-refractivity contribution in [1.29, 1.82) is 0 Å². The Bertz CT molecular complexity index is 2620. The summed E-state index contributed by atoms with van der Waals surface area (Å²) < 4.78 is 19.3. The predicted molar refractivity (Wildman–Crippen MR) is 271 cm³/mol. The SMILES string of the molecule is CCOCc1nc2c(N)nc3ccccc3c2n1CC(C)(C)OCCNC(=O)CNC(=O)OCc1ccc(NC(=O)[C@H](CCCNC(N)=O)NC(=O)[C@@H](NC(=O)CCCCCN2C(=O)C=CC2=O)C(C)C)cc1. The standard InChI is InChI=1S/C50H68N12O11/c1-6-71-29-37-59-43-44(34-13-9-10-14-35(34)57-45(43)51)62(37)30-50(4,5)73-26-24-53-39(64)27-55-49(70)72-28-32-17-19-33(20-18-32)56-46(67)36(15-12-23-54-48(52)69)58-47(68)42(31(2)3)60-38(63)16-8-7-11-25-61-40(65)21-22-41(61)66/h9-10,13-14,17-22,31,36,42H,6-8,11-12,15-16,23-30H2,1-5H3,(H2,51,57)(H,53,64)(H,55,70)(H,56,67)(H,58,68)(H,60,63)(H3,52,54,69)/t36-,42-/m0/s1. The van der Waals surface area contributed by atoms with Crippen LogP contribution in [0.2, 0.25) is 0 Å². The zero-order valence-electron chi connectivity index (χ0n) is 42.0. The van der Waals surface area contributed by atoms with E-state index >= 15 is 0 Å². The highest BCUT2D eigenvalue weighted by molar-refractivity contribution is 6.13. The molecule has 3 heterocycles. The van der Waals surface area contributed by atoms with E-state index in [1.54, 1.807) is 38.1 Å². The summed E-state index contributed by atoms with van der Waals surface area (Å²) in [7, 11) is 0. The summed E-state index contributed by atoms with van der Waals surface area (Å²) in [5, 5.41) is 16.8. The fourth-order valence-corrected chi connectivity index (χ4v) is 7.86. The van der Waals surface area contributed by atoms with Crippen LogP contribution in [0, 0.1) is 5.92 Å². The molecule has 2 atom stereocenters. The fraction of sp³-hybridized carbons (Fsp3) is 0.480. The number of urea groups is 1. The van der Waals surface area contributed by atoms with Gasteiger partial charge in [-0.15, -0.1) is 0 Å². The minimum atomic E-state index is -1.07. The van der Waals surface area contributed by atoms with Crippen molar-refractivity contribution in [2.45, 2.75) is 111 Å². The fourth-order valence-electron chi connectivity index (χ4n) is 7.86. The number of imidazole rings is 1. The number of carbonyl (C=O) groups is 8. The molecule has 2 aromatic carbocycles. The molecular formula is C50H68N12O11. The van der Waals surface area contributed by atoms with Gasteiger partial charge >= 0.3 is 12.1 Å². The largest absolute Gasteiger partial charge is 0.445 e. The zero-order valence-corrected chi connectivity index (χ0v) is 42.0.